The molecular formula is C30H33FeNO. The third-order valence-electron chi connectivity index (χ3n) is 18.8. The van der Waals surface area contributed by atoms with Crippen LogP contribution >= 0.6 is 0 Å². The zero-order valence-corrected chi connectivity index (χ0v) is 20.8. The maximum absolute atomic E-state index is 6.03. The van der Waals surface area contributed by atoms with Crippen LogP contribution in [0.2, 0.25) is 47.7 Å². The number of fused-ring (bicyclic) bond motifs is 10. The molecule has 4 unspecified atom stereocenters. The molecule has 0 amide bonds. The van der Waals surface area contributed by atoms with E-state index in [4.69, 9.17) is 4.74 Å². The molecule has 172 valence electrons. The minimum atomic E-state index is -3.28. The monoisotopic (exact) mass is 479 g/mol. The number of nitrogens with zero attached hydrogens (tertiary/aromatic N) is 1. The van der Waals surface area contributed by atoms with Crippen LogP contribution in [-0.2, 0) is 6.51 Å². The Hall–Kier alpha value is -1.54. The summed E-state index contributed by atoms with van der Waals surface area (Å²) in [5, 5.41) is 0. The van der Waals surface area contributed by atoms with Gasteiger partial charge in [0.2, 0.25) is 0 Å². The molecule has 2 aromatic carbocycles. The SMILES string of the molecule is CCC(=C(c1ccccc1)[C]12[CH]3[CH]4[CH]5[CH]1[Fe]45321678[CH]2[CH]1[CH]6[CH]7[CH]28)c1ccc(OCCN(C)C)cc1. The molecule has 3 heteroatoms. The predicted octanol–water partition coefficient (Wildman–Crippen LogP) is 7.71. The summed E-state index contributed by atoms with van der Waals surface area (Å²) in [5.41, 5.74) is 6.65. The molecule has 4 atom stereocenters. The van der Waals surface area contributed by atoms with E-state index in [9.17, 15) is 0 Å². The van der Waals surface area contributed by atoms with Gasteiger partial charge in [-0.15, -0.1) is 0 Å². The Morgan fingerprint density at radius 2 is 1.42 bits per heavy atom. The van der Waals surface area contributed by atoms with Crippen molar-refractivity contribution in [3.8, 4) is 5.75 Å². The Bertz CT molecular complexity index is 1650. The molecule has 10 aliphatic heterocycles. The summed E-state index contributed by atoms with van der Waals surface area (Å²) in [4.78, 5) is 14.3. The fourth-order valence-corrected chi connectivity index (χ4v) is 93.8. The number of hydrogen-bond donors (Lipinski definition) is 0. The first kappa shape index (κ1) is 16.2. The van der Waals surface area contributed by atoms with E-state index >= 15 is 0 Å². The van der Waals surface area contributed by atoms with Gasteiger partial charge < -0.3 is 0 Å². The maximum atomic E-state index is 6.03. The van der Waals surface area contributed by atoms with Crippen LogP contribution in [0.1, 0.15) is 24.5 Å². The van der Waals surface area contributed by atoms with Gasteiger partial charge in [0.1, 0.15) is 0 Å². The molecule has 0 bridgehead atoms. The van der Waals surface area contributed by atoms with Gasteiger partial charge >= 0.3 is 187 Å². The zero-order valence-electron chi connectivity index (χ0n) is 19.7. The Morgan fingerprint density at radius 1 is 0.818 bits per heavy atom. The summed E-state index contributed by atoms with van der Waals surface area (Å²) in [7, 11) is 4.20. The van der Waals surface area contributed by atoms with Crippen molar-refractivity contribution < 1.29 is 11.2 Å². The Kier molecular flexibility index (Phi) is 1.12. The first-order valence-electron chi connectivity index (χ1n) is 13.3. The van der Waals surface area contributed by atoms with E-state index in [0.717, 1.165) is 29.6 Å². The van der Waals surface area contributed by atoms with E-state index in [-0.39, 0.29) is 0 Å². The quantitative estimate of drug-likeness (QED) is 0.284. The van der Waals surface area contributed by atoms with Crippen molar-refractivity contribution in [3.63, 3.8) is 0 Å². The van der Waals surface area contributed by atoms with Crippen molar-refractivity contribution in [1.29, 1.82) is 0 Å². The van der Waals surface area contributed by atoms with Gasteiger partial charge in [0.15, 0.2) is 0 Å². The van der Waals surface area contributed by atoms with Gasteiger partial charge in [0.05, 0.1) is 0 Å². The molecule has 10 saturated heterocycles. The van der Waals surface area contributed by atoms with Crippen LogP contribution in [0.15, 0.2) is 54.6 Å². The number of allylic oxidation sites excluding steroid dienone is 2. The van der Waals surface area contributed by atoms with Gasteiger partial charge in [-0.3, -0.25) is 0 Å². The van der Waals surface area contributed by atoms with Gasteiger partial charge in [-0.05, 0) is 0 Å². The van der Waals surface area contributed by atoms with Crippen molar-refractivity contribution >= 4 is 11.1 Å². The summed E-state index contributed by atoms with van der Waals surface area (Å²) in [6.07, 6.45) is 1.16. The average Bonchev–Trinajstić information content (AvgIpc) is 3.77. The van der Waals surface area contributed by atoms with Crippen molar-refractivity contribution in [2.45, 2.75) is 61.0 Å². The summed E-state index contributed by atoms with van der Waals surface area (Å²) >= 11 is 0. The Labute approximate surface area is 186 Å². The standard InChI is InChI=1S/C25H28NO.C5H5.Fe/c1-4-24(20-14-16-23(17-15-20)27-19-18-26(2)3)25(22-12-8-9-13-22)21-10-6-5-7-11-21;1-2-4-5-3-1;/h5-17H,4,18-19H2,1-3H3;1-5H;. The summed E-state index contributed by atoms with van der Waals surface area (Å²) < 4.78 is 6.80. The molecule has 0 aromatic heterocycles. The topological polar surface area (TPSA) is 12.5 Å². The van der Waals surface area contributed by atoms with Crippen LogP contribution in [0, 0.1) is 0 Å². The Morgan fingerprint density at radius 3 is 1.88 bits per heavy atom. The molecule has 0 aliphatic carbocycles. The summed E-state index contributed by atoms with van der Waals surface area (Å²) in [6.45, 7) is 0.845. The molecule has 0 N–H and O–H groups in total. The second-order valence-electron chi connectivity index (χ2n) is 15.4. The average molecular weight is 479 g/mol. The molecule has 1 spiro atoms. The van der Waals surface area contributed by atoms with Gasteiger partial charge in [-0.1, -0.05) is 0 Å². The molecule has 2 nitrogen and oxygen atoms in total. The zero-order chi connectivity index (χ0) is 21.7. The molecule has 10 aliphatic rings. The first-order chi connectivity index (χ1) is 15.9. The summed E-state index contributed by atoms with van der Waals surface area (Å²) in [5.74, 6) is 1.01. The van der Waals surface area contributed by atoms with E-state index in [1.54, 1.807) is 11.1 Å². The van der Waals surface area contributed by atoms with Crippen LogP contribution in [0.5, 0.6) is 5.75 Å². The van der Waals surface area contributed by atoms with E-state index in [0.29, 0.717) is 0 Å². The molecule has 10 heterocycles. The predicted molar refractivity (Wildman–Crippen MR) is 130 cm³/mol. The van der Waals surface area contributed by atoms with Crippen molar-refractivity contribution in [3.05, 3.63) is 65.7 Å². The third kappa shape index (κ3) is 0.378. The van der Waals surface area contributed by atoms with E-state index in [1.807, 2.05) is 5.57 Å². The number of rotatable bonds is 8. The number of ether oxygens (including phenoxy) is 1. The van der Waals surface area contributed by atoms with Crippen molar-refractivity contribution in [1.82, 2.24) is 4.90 Å². The minimum absolute atomic E-state index is 0.748. The van der Waals surface area contributed by atoms with Gasteiger partial charge in [0, 0.05) is 0 Å². The number of hydrogen-bond acceptors (Lipinski definition) is 2. The molecule has 0 radical (unpaired) electrons. The van der Waals surface area contributed by atoms with E-state index in [1.165, 1.54) is 48.9 Å². The van der Waals surface area contributed by atoms with E-state index in [2.05, 4.69) is 80.5 Å². The van der Waals surface area contributed by atoms with Crippen LogP contribution in [-0.4, -0.2) is 32.1 Å². The molecular weight excluding hydrogens is 446 g/mol. The van der Waals surface area contributed by atoms with Gasteiger partial charge in [0.25, 0.3) is 0 Å². The second-order valence-corrected chi connectivity index (χ2v) is 39.0. The van der Waals surface area contributed by atoms with Gasteiger partial charge in [-0.2, -0.15) is 0 Å². The molecule has 12 rings (SSSR count). The summed E-state index contributed by atoms with van der Waals surface area (Å²) in [6, 6.07) is 20.9. The molecule has 0 saturated carbocycles. The van der Waals surface area contributed by atoms with Crippen LogP contribution in [0.25, 0.3) is 11.1 Å². The number of benzene rings is 2. The molecule has 10 fully saturated rings. The molecule has 33 heavy (non-hydrogen) atoms. The van der Waals surface area contributed by atoms with Crippen molar-refractivity contribution in [2.24, 2.45) is 0 Å². The molecule has 2 aromatic rings. The fourth-order valence-electron chi connectivity index (χ4n) is 19.7. The van der Waals surface area contributed by atoms with Crippen LogP contribution in [0.3, 0.4) is 0 Å². The van der Waals surface area contributed by atoms with Gasteiger partial charge in [-0.25, -0.2) is 0 Å². The Balaban J connectivity index is 1.06. The first-order valence-corrected chi connectivity index (χ1v) is 19.5. The van der Waals surface area contributed by atoms with Crippen LogP contribution in [0.4, 0.5) is 0 Å². The number of likely N-dealkylation sites (N-methyl/N-ethyl adjacent to an activating group) is 1. The normalized spacial score (nSPS) is 67.9. The third-order valence-corrected chi connectivity index (χ3v) is 61.1. The fraction of sp³-hybridized carbons (Fsp3) is 0.533. The van der Waals surface area contributed by atoms with Crippen LogP contribution < -0.4 is 4.74 Å². The second kappa shape index (κ2) is 2.29. The van der Waals surface area contributed by atoms with E-state index < -0.39 is 6.51 Å². The van der Waals surface area contributed by atoms with Crippen molar-refractivity contribution in [2.75, 3.05) is 27.2 Å².